The summed E-state index contributed by atoms with van der Waals surface area (Å²) in [7, 11) is 1.89. The van der Waals surface area contributed by atoms with Crippen LogP contribution < -0.4 is 5.32 Å². The molecule has 8 nitrogen and oxygen atoms in total. The summed E-state index contributed by atoms with van der Waals surface area (Å²) in [5.41, 5.74) is 4.69. The van der Waals surface area contributed by atoms with E-state index in [1.807, 2.05) is 68.2 Å². The molecule has 0 bridgehead atoms. The molecule has 0 aliphatic rings. The highest BCUT2D eigenvalue weighted by molar-refractivity contribution is 5.93. The SMILES string of the molecule is Cn1cc(-c2cnc3[nH]cc(-c4nnc(NCc5ccccc5)o4)c3c2)cn1. The molecule has 5 rings (SSSR count). The number of benzene rings is 1. The summed E-state index contributed by atoms with van der Waals surface area (Å²) in [6.45, 7) is 0.614. The number of fused-ring (bicyclic) bond motifs is 1. The minimum atomic E-state index is 0.379. The molecule has 4 aromatic heterocycles. The van der Waals surface area contributed by atoms with E-state index in [-0.39, 0.29) is 0 Å². The van der Waals surface area contributed by atoms with E-state index in [1.165, 1.54) is 0 Å². The van der Waals surface area contributed by atoms with Crippen molar-refractivity contribution in [2.45, 2.75) is 6.54 Å². The third-order valence-electron chi connectivity index (χ3n) is 4.51. The summed E-state index contributed by atoms with van der Waals surface area (Å²) in [5, 5.41) is 16.6. The molecule has 0 atom stereocenters. The molecule has 4 heterocycles. The fraction of sp³-hybridized carbons (Fsp3) is 0.100. The van der Waals surface area contributed by atoms with Gasteiger partial charge in [0.05, 0.1) is 11.8 Å². The smallest absolute Gasteiger partial charge is 0.316 e. The summed E-state index contributed by atoms with van der Waals surface area (Å²) in [5.74, 6) is 0.437. The highest BCUT2D eigenvalue weighted by atomic mass is 16.4. The van der Waals surface area contributed by atoms with Crippen LogP contribution in [0.1, 0.15) is 5.56 Å². The van der Waals surface area contributed by atoms with Gasteiger partial charge in [-0.3, -0.25) is 4.68 Å². The first kappa shape index (κ1) is 16.2. The molecular formula is C20H17N7O. The molecule has 0 spiro atoms. The van der Waals surface area contributed by atoms with Crippen molar-refractivity contribution in [3.05, 3.63) is 66.7 Å². The lowest BCUT2D eigenvalue weighted by atomic mass is 10.1. The predicted molar refractivity (Wildman–Crippen MR) is 105 cm³/mol. The van der Waals surface area contributed by atoms with Gasteiger partial charge in [-0.2, -0.15) is 5.10 Å². The van der Waals surface area contributed by atoms with Crippen molar-refractivity contribution in [3.63, 3.8) is 0 Å². The first-order valence-electron chi connectivity index (χ1n) is 8.84. The number of hydrogen-bond acceptors (Lipinski definition) is 6. The van der Waals surface area contributed by atoms with Gasteiger partial charge in [-0.05, 0) is 11.6 Å². The van der Waals surface area contributed by atoms with Crippen LogP contribution in [-0.2, 0) is 13.6 Å². The van der Waals surface area contributed by atoms with Crippen LogP contribution in [0.15, 0.2) is 65.6 Å². The number of anilines is 1. The number of aromatic nitrogens is 6. The van der Waals surface area contributed by atoms with Crippen molar-refractivity contribution in [1.82, 2.24) is 29.9 Å². The Morgan fingerprint density at radius 3 is 2.82 bits per heavy atom. The summed E-state index contributed by atoms with van der Waals surface area (Å²) in [4.78, 5) is 7.66. The van der Waals surface area contributed by atoms with Crippen LogP contribution in [0, 0.1) is 0 Å². The molecule has 0 aliphatic carbocycles. The second-order valence-electron chi connectivity index (χ2n) is 6.48. The fourth-order valence-corrected chi connectivity index (χ4v) is 3.09. The van der Waals surface area contributed by atoms with Crippen LogP contribution in [0.2, 0.25) is 0 Å². The maximum absolute atomic E-state index is 5.81. The van der Waals surface area contributed by atoms with E-state index in [2.05, 4.69) is 30.6 Å². The van der Waals surface area contributed by atoms with Gasteiger partial charge in [0.1, 0.15) is 5.65 Å². The van der Waals surface area contributed by atoms with E-state index < -0.39 is 0 Å². The minimum Gasteiger partial charge on any atom is -0.403 e. The van der Waals surface area contributed by atoms with Gasteiger partial charge in [-0.1, -0.05) is 35.4 Å². The average Bonchev–Trinajstić information content (AvgIpc) is 3.46. The second kappa shape index (κ2) is 6.66. The van der Waals surface area contributed by atoms with Gasteiger partial charge in [-0.25, -0.2) is 4.98 Å². The largest absolute Gasteiger partial charge is 0.403 e. The maximum atomic E-state index is 5.81. The summed E-state index contributed by atoms with van der Waals surface area (Å²) in [6, 6.07) is 12.5. The molecular weight excluding hydrogens is 354 g/mol. The van der Waals surface area contributed by atoms with E-state index in [0.29, 0.717) is 18.5 Å². The number of hydrogen-bond donors (Lipinski definition) is 2. The number of pyridine rings is 1. The lowest BCUT2D eigenvalue weighted by Gasteiger charge is -2.00. The molecule has 0 fully saturated rings. The summed E-state index contributed by atoms with van der Waals surface area (Å²) in [6.07, 6.45) is 7.42. The summed E-state index contributed by atoms with van der Waals surface area (Å²) < 4.78 is 7.57. The Balaban J connectivity index is 1.44. The quantitative estimate of drug-likeness (QED) is 0.490. The van der Waals surface area contributed by atoms with Crippen LogP contribution in [0.5, 0.6) is 0 Å². The van der Waals surface area contributed by atoms with Gasteiger partial charge in [0.15, 0.2) is 0 Å². The van der Waals surface area contributed by atoms with Crippen molar-refractivity contribution in [3.8, 4) is 22.6 Å². The normalized spacial score (nSPS) is 11.2. The minimum absolute atomic E-state index is 0.379. The van der Waals surface area contributed by atoms with Gasteiger partial charge in [0.2, 0.25) is 0 Å². The number of nitrogens with one attached hydrogen (secondary N) is 2. The van der Waals surface area contributed by atoms with Crippen molar-refractivity contribution in [2.24, 2.45) is 7.05 Å². The van der Waals surface area contributed by atoms with Gasteiger partial charge in [-0.15, -0.1) is 5.10 Å². The molecule has 0 radical (unpaired) electrons. The second-order valence-corrected chi connectivity index (χ2v) is 6.48. The molecule has 0 saturated heterocycles. The molecule has 138 valence electrons. The predicted octanol–water partition coefficient (Wildman–Crippen LogP) is 3.63. The van der Waals surface area contributed by atoms with Crippen LogP contribution in [0.25, 0.3) is 33.6 Å². The number of H-pyrrole nitrogens is 1. The number of rotatable bonds is 5. The topological polar surface area (TPSA) is 97.5 Å². The Kier molecular flexibility index (Phi) is 3.86. The lowest BCUT2D eigenvalue weighted by molar-refractivity contribution is 0.581. The molecule has 28 heavy (non-hydrogen) atoms. The van der Waals surface area contributed by atoms with Gasteiger partial charge in [0.25, 0.3) is 5.89 Å². The van der Waals surface area contributed by atoms with Crippen molar-refractivity contribution < 1.29 is 4.42 Å². The van der Waals surface area contributed by atoms with Gasteiger partial charge in [0, 0.05) is 48.7 Å². The lowest BCUT2D eigenvalue weighted by Crippen LogP contribution is -1.98. The molecule has 0 amide bonds. The van der Waals surface area contributed by atoms with Crippen LogP contribution in [0.4, 0.5) is 6.01 Å². The Bertz CT molecular complexity index is 1240. The van der Waals surface area contributed by atoms with Crippen LogP contribution >= 0.6 is 0 Å². The van der Waals surface area contributed by atoms with Gasteiger partial charge < -0.3 is 14.7 Å². The monoisotopic (exact) mass is 371 g/mol. The van der Waals surface area contributed by atoms with Crippen molar-refractivity contribution in [2.75, 3.05) is 5.32 Å². The van der Waals surface area contributed by atoms with Crippen molar-refractivity contribution in [1.29, 1.82) is 0 Å². The first-order valence-corrected chi connectivity index (χ1v) is 8.84. The highest BCUT2D eigenvalue weighted by Gasteiger charge is 2.15. The van der Waals surface area contributed by atoms with E-state index >= 15 is 0 Å². The van der Waals surface area contributed by atoms with Crippen molar-refractivity contribution >= 4 is 17.0 Å². The maximum Gasteiger partial charge on any atom is 0.316 e. The Morgan fingerprint density at radius 2 is 2.00 bits per heavy atom. The number of aryl methyl sites for hydroxylation is 1. The van der Waals surface area contributed by atoms with Crippen LogP contribution in [-0.4, -0.2) is 29.9 Å². The molecule has 1 aromatic carbocycles. The molecule has 5 aromatic rings. The molecule has 0 unspecified atom stereocenters. The summed E-state index contributed by atoms with van der Waals surface area (Å²) >= 11 is 0. The molecule has 2 N–H and O–H groups in total. The fourth-order valence-electron chi connectivity index (χ4n) is 3.09. The zero-order valence-corrected chi connectivity index (χ0v) is 15.1. The Morgan fingerprint density at radius 1 is 1.11 bits per heavy atom. The first-order chi connectivity index (χ1) is 13.8. The molecule has 0 saturated carbocycles. The van der Waals surface area contributed by atoms with E-state index in [4.69, 9.17) is 4.42 Å². The third-order valence-corrected chi connectivity index (χ3v) is 4.51. The third kappa shape index (κ3) is 3.01. The van der Waals surface area contributed by atoms with E-state index in [9.17, 15) is 0 Å². The number of aromatic amines is 1. The van der Waals surface area contributed by atoms with E-state index in [1.54, 1.807) is 4.68 Å². The van der Waals surface area contributed by atoms with E-state index in [0.717, 1.165) is 33.3 Å². The average molecular weight is 371 g/mol. The Labute approximate surface area is 160 Å². The van der Waals surface area contributed by atoms with Crippen LogP contribution in [0.3, 0.4) is 0 Å². The molecule has 0 aliphatic heterocycles. The zero-order valence-electron chi connectivity index (χ0n) is 15.1. The zero-order chi connectivity index (χ0) is 18.9. The molecule has 8 heteroatoms. The standard InChI is InChI=1S/C20H17N7O/c1-27-12-15(10-24-27)14-7-16-17(11-22-18(16)21-9-14)19-25-26-20(28-19)23-8-13-5-3-2-4-6-13/h2-7,9-12H,8H2,1H3,(H,21,22)(H,23,26). The number of nitrogens with zero attached hydrogens (tertiary/aromatic N) is 5. The Hall–Kier alpha value is -3.94. The highest BCUT2D eigenvalue weighted by Crippen LogP contribution is 2.30. The van der Waals surface area contributed by atoms with Gasteiger partial charge >= 0.3 is 6.01 Å².